The van der Waals surface area contributed by atoms with Crippen LogP contribution in [0.25, 0.3) is 0 Å². The molecule has 2 rings (SSSR count). The van der Waals surface area contributed by atoms with Crippen molar-refractivity contribution < 1.29 is 4.74 Å². The highest BCUT2D eigenvalue weighted by Gasteiger charge is 2.06. The van der Waals surface area contributed by atoms with Gasteiger partial charge in [-0.1, -0.05) is 11.6 Å². The van der Waals surface area contributed by atoms with Gasteiger partial charge >= 0.3 is 0 Å². The Bertz CT molecular complexity index is 556. The second-order valence-electron chi connectivity index (χ2n) is 4.49. The summed E-state index contributed by atoms with van der Waals surface area (Å²) in [7, 11) is 3.72. The number of nitrogens with zero attached hydrogens (tertiary/aromatic N) is 1. The first kappa shape index (κ1) is 14.2. The summed E-state index contributed by atoms with van der Waals surface area (Å²) in [5.41, 5.74) is 7.72. The van der Waals surface area contributed by atoms with Gasteiger partial charge in [-0.25, -0.2) is 0 Å². The summed E-state index contributed by atoms with van der Waals surface area (Å²) in [6.45, 7) is 1.69. The van der Waals surface area contributed by atoms with Crippen LogP contribution in [0.2, 0.25) is 4.34 Å². The predicted octanol–water partition coefficient (Wildman–Crippen LogP) is 3.62. The molecule has 0 radical (unpaired) electrons. The van der Waals surface area contributed by atoms with Gasteiger partial charge in [0.05, 0.1) is 11.4 Å². The first-order chi connectivity index (χ1) is 9.06. The summed E-state index contributed by atoms with van der Waals surface area (Å²) in [6, 6.07) is 9.79. The van der Waals surface area contributed by atoms with Gasteiger partial charge in [-0.15, -0.1) is 11.3 Å². The van der Waals surface area contributed by atoms with Crippen LogP contribution >= 0.6 is 22.9 Å². The molecule has 0 amide bonds. The first-order valence-electron chi connectivity index (χ1n) is 5.93. The third-order valence-electron chi connectivity index (χ3n) is 2.73. The Balaban J connectivity index is 2.02. The minimum atomic E-state index is 0.724. The van der Waals surface area contributed by atoms with Crippen LogP contribution in [0.3, 0.4) is 0 Å². The summed E-state index contributed by atoms with van der Waals surface area (Å²) in [5, 5.41) is 0. The second-order valence-corrected chi connectivity index (χ2v) is 6.29. The summed E-state index contributed by atoms with van der Waals surface area (Å²) < 4.78 is 6.05. The van der Waals surface area contributed by atoms with Crippen molar-refractivity contribution in [2.75, 3.05) is 19.9 Å². The van der Waals surface area contributed by atoms with Crippen molar-refractivity contribution in [3.05, 3.63) is 45.1 Å². The van der Waals surface area contributed by atoms with Crippen LogP contribution in [-0.2, 0) is 13.1 Å². The van der Waals surface area contributed by atoms with E-state index in [4.69, 9.17) is 22.1 Å². The lowest BCUT2D eigenvalue weighted by Crippen LogP contribution is -2.16. The van der Waals surface area contributed by atoms with Gasteiger partial charge in [-0.3, -0.25) is 4.90 Å². The van der Waals surface area contributed by atoms with Crippen LogP contribution in [0.1, 0.15) is 10.4 Å². The molecule has 1 aromatic carbocycles. The van der Waals surface area contributed by atoms with Crippen molar-refractivity contribution in [3.63, 3.8) is 0 Å². The molecule has 1 aromatic heterocycles. The van der Waals surface area contributed by atoms with E-state index < -0.39 is 0 Å². The molecule has 0 atom stereocenters. The van der Waals surface area contributed by atoms with E-state index in [0.29, 0.717) is 0 Å². The fourth-order valence-electron chi connectivity index (χ4n) is 1.97. The molecule has 0 saturated carbocycles. The van der Waals surface area contributed by atoms with Crippen molar-refractivity contribution in [1.29, 1.82) is 0 Å². The number of rotatable bonds is 5. The third kappa shape index (κ3) is 4.13. The Morgan fingerprint density at radius 1 is 1.26 bits per heavy atom. The lowest BCUT2D eigenvalue weighted by atomic mass is 10.2. The Morgan fingerprint density at radius 3 is 2.68 bits per heavy atom. The Kier molecular flexibility index (Phi) is 4.69. The molecule has 0 aliphatic carbocycles. The molecule has 0 bridgehead atoms. The van der Waals surface area contributed by atoms with Crippen LogP contribution in [0, 0.1) is 0 Å². The number of halogens is 1. The van der Waals surface area contributed by atoms with E-state index in [0.717, 1.165) is 34.4 Å². The van der Waals surface area contributed by atoms with Gasteiger partial charge in [0, 0.05) is 29.7 Å². The molecular formula is C14H17ClN2OS. The number of thiophene rings is 1. The molecule has 0 fully saturated rings. The number of methoxy groups -OCH3 is 1. The zero-order valence-corrected chi connectivity index (χ0v) is 12.6. The van der Waals surface area contributed by atoms with E-state index in [-0.39, 0.29) is 0 Å². The maximum atomic E-state index is 5.93. The average Bonchev–Trinajstić information content (AvgIpc) is 2.73. The van der Waals surface area contributed by atoms with E-state index in [1.807, 2.05) is 24.3 Å². The highest BCUT2D eigenvalue weighted by atomic mass is 35.5. The topological polar surface area (TPSA) is 38.5 Å². The van der Waals surface area contributed by atoms with E-state index in [1.54, 1.807) is 18.4 Å². The quantitative estimate of drug-likeness (QED) is 0.856. The molecule has 5 heteroatoms. The molecule has 0 unspecified atom stereocenters. The zero-order chi connectivity index (χ0) is 13.8. The zero-order valence-electron chi connectivity index (χ0n) is 11.0. The SMILES string of the molecule is COc1cc(N)cc(CN(C)Cc2ccc(Cl)s2)c1. The summed E-state index contributed by atoms with van der Waals surface area (Å²) in [4.78, 5) is 3.47. The van der Waals surface area contributed by atoms with Crippen LogP contribution in [0.5, 0.6) is 5.75 Å². The largest absolute Gasteiger partial charge is 0.497 e. The predicted molar refractivity (Wildman–Crippen MR) is 81.9 cm³/mol. The monoisotopic (exact) mass is 296 g/mol. The Hall–Kier alpha value is -1.23. The van der Waals surface area contributed by atoms with Crippen LogP contribution < -0.4 is 10.5 Å². The normalized spacial score (nSPS) is 10.9. The molecule has 0 saturated heterocycles. The minimum absolute atomic E-state index is 0.724. The number of hydrogen-bond donors (Lipinski definition) is 1. The van der Waals surface area contributed by atoms with Crippen molar-refractivity contribution in [3.8, 4) is 5.75 Å². The van der Waals surface area contributed by atoms with Gasteiger partial charge in [-0.05, 0) is 36.9 Å². The third-order valence-corrected chi connectivity index (χ3v) is 3.95. The molecule has 0 aliphatic heterocycles. The Morgan fingerprint density at radius 2 is 2.05 bits per heavy atom. The summed E-state index contributed by atoms with van der Waals surface area (Å²) in [5.74, 6) is 0.794. The molecule has 2 N–H and O–H groups in total. The fourth-order valence-corrected chi connectivity index (χ4v) is 3.13. The number of benzene rings is 1. The second kappa shape index (κ2) is 6.28. The smallest absolute Gasteiger partial charge is 0.121 e. The van der Waals surface area contributed by atoms with Crippen LogP contribution in [-0.4, -0.2) is 19.1 Å². The fraction of sp³-hybridized carbons (Fsp3) is 0.286. The van der Waals surface area contributed by atoms with Gasteiger partial charge in [0.15, 0.2) is 0 Å². The van der Waals surface area contributed by atoms with Gasteiger partial charge in [0.25, 0.3) is 0 Å². The van der Waals surface area contributed by atoms with Crippen LogP contribution in [0.15, 0.2) is 30.3 Å². The van der Waals surface area contributed by atoms with Crippen LogP contribution in [0.4, 0.5) is 5.69 Å². The molecule has 2 aromatic rings. The summed E-state index contributed by atoms with van der Waals surface area (Å²) >= 11 is 7.54. The number of ether oxygens (including phenoxy) is 1. The molecule has 3 nitrogen and oxygen atoms in total. The molecular weight excluding hydrogens is 280 g/mol. The highest BCUT2D eigenvalue weighted by Crippen LogP contribution is 2.24. The summed E-state index contributed by atoms with van der Waals surface area (Å²) in [6.07, 6.45) is 0. The number of hydrogen-bond acceptors (Lipinski definition) is 4. The molecule has 0 spiro atoms. The minimum Gasteiger partial charge on any atom is -0.497 e. The van der Waals surface area contributed by atoms with Crippen molar-refractivity contribution in [2.24, 2.45) is 0 Å². The standard InChI is InChI=1S/C14H17ClN2OS/c1-17(9-13-3-4-14(15)19-13)8-10-5-11(16)7-12(6-10)18-2/h3-7H,8-9,16H2,1-2H3. The lowest BCUT2D eigenvalue weighted by molar-refractivity contribution is 0.321. The van der Waals surface area contributed by atoms with Crippen molar-refractivity contribution in [2.45, 2.75) is 13.1 Å². The van der Waals surface area contributed by atoms with E-state index >= 15 is 0 Å². The first-order valence-corrected chi connectivity index (χ1v) is 7.12. The van der Waals surface area contributed by atoms with Gasteiger partial charge in [0.1, 0.15) is 5.75 Å². The maximum absolute atomic E-state index is 5.93. The molecule has 0 aliphatic rings. The van der Waals surface area contributed by atoms with Gasteiger partial charge in [0.2, 0.25) is 0 Å². The number of nitrogens with two attached hydrogens (primary N) is 1. The van der Waals surface area contributed by atoms with Gasteiger partial charge < -0.3 is 10.5 Å². The van der Waals surface area contributed by atoms with Crippen molar-refractivity contribution in [1.82, 2.24) is 4.90 Å². The molecule has 102 valence electrons. The molecule has 19 heavy (non-hydrogen) atoms. The van der Waals surface area contributed by atoms with E-state index in [9.17, 15) is 0 Å². The Labute approximate surface area is 122 Å². The average molecular weight is 297 g/mol. The van der Waals surface area contributed by atoms with Gasteiger partial charge in [-0.2, -0.15) is 0 Å². The number of nitrogen functional groups attached to an aromatic ring is 1. The molecule has 1 heterocycles. The highest BCUT2D eigenvalue weighted by molar-refractivity contribution is 7.16. The maximum Gasteiger partial charge on any atom is 0.121 e. The lowest BCUT2D eigenvalue weighted by Gasteiger charge is -2.16. The van der Waals surface area contributed by atoms with E-state index in [1.165, 1.54) is 4.88 Å². The number of anilines is 1. The van der Waals surface area contributed by atoms with E-state index in [2.05, 4.69) is 18.0 Å². The van der Waals surface area contributed by atoms with Crippen molar-refractivity contribution >= 4 is 28.6 Å².